The van der Waals surface area contributed by atoms with Crippen molar-refractivity contribution < 1.29 is 23.8 Å². The van der Waals surface area contributed by atoms with Crippen molar-refractivity contribution in [2.75, 3.05) is 20.4 Å². The zero-order valence-corrected chi connectivity index (χ0v) is 16.7. The molecular formula is C21H29NO5. The predicted octanol–water partition coefficient (Wildman–Crippen LogP) is 3.42. The number of benzene rings is 1. The summed E-state index contributed by atoms with van der Waals surface area (Å²) < 4.78 is 16.3. The molecule has 1 aliphatic carbocycles. The Morgan fingerprint density at radius 1 is 1.11 bits per heavy atom. The van der Waals surface area contributed by atoms with Crippen LogP contribution in [0.1, 0.15) is 58.4 Å². The first-order valence-corrected chi connectivity index (χ1v) is 9.59. The van der Waals surface area contributed by atoms with Crippen LogP contribution in [0.15, 0.2) is 18.2 Å². The predicted molar refractivity (Wildman–Crippen MR) is 101 cm³/mol. The number of likely N-dealkylation sites (N-methyl/N-ethyl adjacent to an activating group) is 1. The summed E-state index contributed by atoms with van der Waals surface area (Å²) in [7, 11) is 1.68. The molecule has 1 aromatic carbocycles. The van der Waals surface area contributed by atoms with Crippen LogP contribution in [0.4, 0.5) is 0 Å². The molecule has 1 aromatic rings. The maximum absolute atomic E-state index is 13.5. The van der Waals surface area contributed by atoms with Gasteiger partial charge in [-0.1, -0.05) is 25.3 Å². The lowest BCUT2D eigenvalue weighted by Crippen LogP contribution is -2.48. The Kier molecular flexibility index (Phi) is 5.36. The monoisotopic (exact) mass is 375 g/mol. The van der Waals surface area contributed by atoms with Crippen LogP contribution in [0.2, 0.25) is 0 Å². The Morgan fingerprint density at radius 3 is 2.44 bits per heavy atom. The van der Waals surface area contributed by atoms with Crippen molar-refractivity contribution in [1.29, 1.82) is 0 Å². The number of ether oxygens (including phenoxy) is 3. The molecule has 1 fully saturated rings. The highest BCUT2D eigenvalue weighted by molar-refractivity contribution is 5.91. The van der Waals surface area contributed by atoms with Crippen molar-refractivity contribution in [2.45, 2.75) is 63.9 Å². The fraction of sp³-hybridized carbons (Fsp3) is 0.619. The summed E-state index contributed by atoms with van der Waals surface area (Å²) in [5.41, 5.74) is -0.260. The highest BCUT2D eigenvalue weighted by Crippen LogP contribution is 2.44. The molecule has 27 heavy (non-hydrogen) atoms. The van der Waals surface area contributed by atoms with Crippen LogP contribution in [-0.4, -0.2) is 42.8 Å². The molecule has 0 radical (unpaired) electrons. The first-order valence-electron chi connectivity index (χ1n) is 9.59. The van der Waals surface area contributed by atoms with Gasteiger partial charge in [-0.2, -0.15) is 0 Å². The van der Waals surface area contributed by atoms with E-state index in [-0.39, 0.29) is 19.2 Å². The van der Waals surface area contributed by atoms with Gasteiger partial charge in [0.05, 0.1) is 5.41 Å². The van der Waals surface area contributed by atoms with Crippen LogP contribution in [0.25, 0.3) is 0 Å². The van der Waals surface area contributed by atoms with Gasteiger partial charge in [-0.3, -0.25) is 9.59 Å². The molecule has 2 aliphatic rings. The van der Waals surface area contributed by atoms with Gasteiger partial charge in [-0.15, -0.1) is 0 Å². The van der Waals surface area contributed by atoms with E-state index in [0.717, 1.165) is 37.7 Å². The molecule has 1 aliphatic heterocycles. The van der Waals surface area contributed by atoms with Crippen molar-refractivity contribution in [3.05, 3.63) is 23.8 Å². The summed E-state index contributed by atoms with van der Waals surface area (Å²) in [6.07, 6.45) is 4.63. The average Bonchev–Trinajstić information content (AvgIpc) is 3.07. The quantitative estimate of drug-likeness (QED) is 0.755. The zero-order valence-electron chi connectivity index (χ0n) is 16.7. The van der Waals surface area contributed by atoms with E-state index in [1.807, 2.05) is 39.0 Å². The van der Waals surface area contributed by atoms with Crippen LogP contribution >= 0.6 is 0 Å². The number of rotatable bonds is 4. The SMILES string of the molecule is CN(CC(=O)OC(C)(C)C)C(=O)C1(c2ccc3c(c2)OCO3)CCCCC1. The Morgan fingerprint density at radius 2 is 1.78 bits per heavy atom. The molecule has 1 saturated carbocycles. The second-order valence-corrected chi connectivity index (χ2v) is 8.46. The van der Waals surface area contributed by atoms with Crippen molar-refractivity contribution in [3.63, 3.8) is 0 Å². The third-order valence-electron chi connectivity index (χ3n) is 5.17. The number of hydrogen-bond acceptors (Lipinski definition) is 5. The van der Waals surface area contributed by atoms with Crippen LogP contribution in [0.5, 0.6) is 11.5 Å². The van der Waals surface area contributed by atoms with E-state index in [1.54, 1.807) is 7.05 Å². The number of nitrogens with zero attached hydrogens (tertiary/aromatic N) is 1. The van der Waals surface area contributed by atoms with Crippen LogP contribution in [0.3, 0.4) is 0 Å². The molecule has 3 rings (SSSR count). The topological polar surface area (TPSA) is 65.1 Å². The summed E-state index contributed by atoms with van der Waals surface area (Å²) in [5.74, 6) is 0.959. The minimum absolute atomic E-state index is 0.0353. The molecule has 6 nitrogen and oxygen atoms in total. The molecule has 0 bridgehead atoms. The van der Waals surface area contributed by atoms with Gasteiger partial charge in [-0.05, 0) is 51.3 Å². The summed E-state index contributed by atoms with van der Waals surface area (Å²) in [6, 6.07) is 5.75. The average molecular weight is 375 g/mol. The third-order valence-corrected chi connectivity index (χ3v) is 5.17. The van der Waals surface area contributed by atoms with Gasteiger partial charge < -0.3 is 19.1 Å². The Labute approximate surface area is 160 Å². The fourth-order valence-electron chi connectivity index (χ4n) is 3.98. The van der Waals surface area contributed by atoms with Gasteiger partial charge >= 0.3 is 5.97 Å². The van der Waals surface area contributed by atoms with Crippen molar-refractivity contribution >= 4 is 11.9 Å². The fourth-order valence-corrected chi connectivity index (χ4v) is 3.98. The van der Waals surface area contributed by atoms with Gasteiger partial charge in [0.1, 0.15) is 12.1 Å². The van der Waals surface area contributed by atoms with Crippen molar-refractivity contribution in [1.82, 2.24) is 4.90 Å². The number of fused-ring (bicyclic) bond motifs is 1. The Hall–Kier alpha value is -2.24. The molecule has 0 spiro atoms. The Bertz CT molecular complexity index is 716. The largest absolute Gasteiger partial charge is 0.459 e. The van der Waals surface area contributed by atoms with Crippen LogP contribution in [0, 0.1) is 0 Å². The smallest absolute Gasteiger partial charge is 0.326 e. The van der Waals surface area contributed by atoms with Gasteiger partial charge in [-0.25, -0.2) is 0 Å². The molecule has 1 heterocycles. The number of esters is 1. The second kappa shape index (κ2) is 7.41. The van der Waals surface area contributed by atoms with Crippen molar-refractivity contribution in [3.8, 4) is 11.5 Å². The lowest BCUT2D eigenvalue weighted by molar-refractivity contribution is -0.159. The molecule has 0 unspecified atom stereocenters. The molecular weight excluding hydrogens is 346 g/mol. The van der Waals surface area contributed by atoms with Crippen LogP contribution in [-0.2, 0) is 19.7 Å². The maximum atomic E-state index is 13.5. The van der Waals surface area contributed by atoms with Gasteiger partial charge in [0.15, 0.2) is 11.5 Å². The van der Waals surface area contributed by atoms with E-state index in [9.17, 15) is 9.59 Å². The van der Waals surface area contributed by atoms with Gasteiger partial charge in [0.25, 0.3) is 0 Å². The third kappa shape index (κ3) is 4.20. The van der Waals surface area contributed by atoms with E-state index in [2.05, 4.69) is 0 Å². The highest BCUT2D eigenvalue weighted by atomic mass is 16.7. The molecule has 1 amide bonds. The van der Waals surface area contributed by atoms with E-state index >= 15 is 0 Å². The van der Waals surface area contributed by atoms with Crippen molar-refractivity contribution in [2.24, 2.45) is 0 Å². The minimum atomic E-state index is -0.629. The molecule has 0 aromatic heterocycles. The second-order valence-electron chi connectivity index (χ2n) is 8.46. The zero-order chi connectivity index (χ0) is 19.7. The number of amides is 1. The summed E-state index contributed by atoms with van der Waals surface area (Å²) in [5, 5.41) is 0. The summed E-state index contributed by atoms with van der Waals surface area (Å²) in [4.78, 5) is 27.2. The molecule has 6 heteroatoms. The number of carbonyl (C=O) groups excluding carboxylic acids is 2. The molecule has 0 N–H and O–H groups in total. The first kappa shape index (κ1) is 19.5. The van der Waals surface area contributed by atoms with Crippen LogP contribution < -0.4 is 9.47 Å². The maximum Gasteiger partial charge on any atom is 0.326 e. The molecule has 0 atom stereocenters. The molecule has 0 saturated heterocycles. The summed E-state index contributed by atoms with van der Waals surface area (Å²) in [6.45, 7) is 5.62. The van der Waals surface area contributed by atoms with E-state index in [4.69, 9.17) is 14.2 Å². The molecule has 148 valence electrons. The standard InChI is InChI=1S/C21H29NO5/c1-20(2,3)27-18(23)13-22(4)19(24)21(10-6-5-7-11-21)15-8-9-16-17(12-15)26-14-25-16/h8-9,12H,5-7,10-11,13-14H2,1-4H3. The van der Waals surface area contributed by atoms with Gasteiger partial charge in [0.2, 0.25) is 12.7 Å². The minimum Gasteiger partial charge on any atom is -0.459 e. The van der Waals surface area contributed by atoms with E-state index < -0.39 is 17.0 Å². The van der Waals surface area contributed by atoms with E-state index in [0.29, 0.717) is 11.5 Å². The number of carbonyl (C=O) groups is 2. The van der Waals surface area contributed by atoms with E-state index in [1.165, 1.54) is 4.90 Å². The lowest BCUT2D eigenvalue weighted by atomic mass is 9.68. The normalized spacial score (nSPS) is 18.1. The first-order chi connectivity index (χ1) is 12.7. The lowest BCUT2D eigenvalue weighted by Gasteiger charge is -2.39. The highest BCUT2D eigenvalue weighted by Gasteiger charge is 2.43. The summed E-state index contributed by atoms with van der Waals surface area (Å²) >= 11 is 0. The van der Waals surface area contributed by atoms with Gasteiger partial charge in [0, 0.05) is 7.05 Å². The number of hydrogen-bond donors (Lipinski definition) is 0. The Balaban J connectivity index is 1.83.